The Hall–Kier alpha value is -1.22. The monoisotopic (exact) mass is 292 g/mol. The Balaban J connectivity index is 1.53. The zero-order valence-electron chi connectivity index (χ0n) is 11.6. The van der Waals surface area contributed by atoms with Crippen LogP contribution in [0.1, 0.15) is 44.1 Å². The average Bonchev–Trinajstić information content (AvgIpc) is 3.07. The lowest BCUT2D eigenvalue weighted by molar-refractivity contribution is 0.236. The Morgan fingerprint density at radius 2 is 2.05 bits per heavy atom. The van der Waals surface area contributed by atoms with Crippen LogP contribution in [0.25, 0.3) is 0 Å². The van der Waals surface area contributed by atoms with E-state index in [0.717, 1.165) is 30.7 Å². The van der Waals surface area contributed by atoms with Crippen LogP contribution in [0.5, 0.6) is 0 Å². The first kappa shape index (κ1) is 13.7. The van der Waals surface area contributed by atoms with Crippen molar-refractivity contribution in [2.75, 3.05) is 6.54 Å². The highest BCUT2D eigenvalue weighted by Crippen LogP contribution is 2.48. The molecule has 0 bridgehead atoms. The van der Waals surface area contributed by atoms with Crippen LogP contribution in [0, 0.1) is 0 Å². The molecule has 2 saturated carbocycles. The van der Waals surface area contributed by atoms with Crippen LogP contribution < -0.4 is 10.6 Å². The molecule has 0 heterocycles. The van der Waals surface area contributed by atoms with E-state index in [4.69, 9.17) is 11.6 Å². The molecule has 2 fully saturated rings. The van der Waals surface area contributed by atoms with E-state index < -0.39 is 0 Å². The van der Waals surface area contributed by atoms with Crippen molar-refractivity contribution in [1.29, 1.82) is 0 Å². The lowest BCUT2D eigenvalue weighted by Crippen LogP contribution is -2.43. The van der Waals surface area contributed by atoms with Crippen LogP contribution in [0.2, 0.25) is 5.02 Å². The summed E-state index contributed by atoms with van der Waals surface area (Å²) in [7, 11) is 0. The molecule has 2 N–H and O–H groups in total. The molecule has 0 aliphatic heterocycles. The summed E-state index contributed by atoms with van der Waals surface area (Å²) in [5.41, 5.74) is 1.35. The topological polar surface area (TPSA) is 41.1 Å². The summed E-state index contributed by atoms with van der Waals surface area (Å²) in [4.78, 5) is 11.9. The van der Waals surface area contributed by atoms with E-state index in [1.165, 1.54) is 18.4 Å². The molecule has 0 radical (unpaired) electrons. The summed E-state index contributed by atoms with van der Waals surface area (Å²) in [6, 6.07) is 8.35. The molecule has 0 aromatic heterocycles. The fourth-order valence-electron chi connectivity index (χ4n) is 3.09. The molecule has 4 heteroatoms. The van der Waals surface area contributed by atoms with Gasteiger partial charge in [-0.2, -0.15) is 0 Å². The molecule has 108 valence electrons. The van der Waals surface area contributed by atoms with Crippen molar-refractivity contribution >= 4 is 17.6 Å². The summed E-state index contributed by atoms with van der Waals surface area (Å²) in [5, 5.41) is 6.87. The van der Waals surface area contributed by atoms with Crippen molar-refractivity contribution in [3.63, 3.8) is 0 Å². The van der Waals surface area contributed by atoms with Crippen molar-refractivity contribution in [2.45, 2.75) is 50.0 Å². The molecular formula is C16H21ClN2O. The largest absolute Gasteiger partial charge is 0.337 e. The summed E-state index contributed by atoms with van der Waals surface area (Å²) in [5.74, 6) is 0. The van der Waals surface area contributed by atoms with Crippen molar-refractivity contribution in [3.8, 4) is 0 Å². The molecule has 20 heavy (non-hydrogen) atoms. The third kappa shape index (κ3) is 3.09. The lowest BCUT2D eigenvalue weighted by Gasteiger charge is -2.19. The fourth-order valence-corrected chi connectivity index (χ4v) is 3.28. The predicted molar refractivity (Wildman–Crippen MR) is 81.2 cm³/mol. The zero-order valence-corrected chi connectivity index (χ0v) is 12.4. The molecule has 2 aliphatic carbocycles. The van der Waals surface area contributed by atoms with Gasteiger partial charge in [-0.1, -0.05) is 36.6 Å². The van der Waals surface area contributed by atoms with Gasteiger partial charge in [0.15, 0.2) is 0 Å². The van der Waals surface area contributed by atoms with Crippen molar-refractivity contribution in [2.24, 2.45) is 0 Å². The molecular weight excluding hydrogens is 272 g/mol. The van der Waals surface area contributed by atoms with Crippen LogP contribution in [0.3, 0.4) is 0 Å². The van der Waals surface area contributed by atoms with E-state index in [-0.39, 0.29) is 11.4 Å². The Kier molecular flexibility index (Phi) is 3.88. The highest BCUT2D eigenvalue weighted by Gasteiger charge is 2.44. The number of carbonyl (C=O) groups excluding carboxylic acids is 1. The maximum Gasteiger partial charge on any atom is 0.315 e. The fraction of sp³-hybridized carbons (Fsp3) is 0.562. The minimum Gasteiger partial charge on any atom is -0.337 e. The highest BCUT2D eigenvalue weighted by molar-refractivity contribution is 6.30. The molecule has 3 nitrogen and oxygen atoms in total. The Morgan fingerprint density at radius 3 is 2.70 bits per heavy atom. The molecule has 2 amide bonds. The smallest absolute Gasteiger partial charge is 0.315 e. The van der Waals surface area contributed by atoms with E-state index in [0.29, 0.717) is 12.6 Å². The van der Waals surface area contributed by atoms with Crippen LogP contribution in [0.15, 0.2) is 24.3 Å². The van der Waals surface area contributed by atoms with Crippen LogP contribution in [-0.4, -0.2) is 18.6 Å². The van der Waals surface area contributed by atoms with Gasteiger partial charge in [0.05, 0.1) is 0 Å². The second-order valence-electron chi connectivity index (χ2n) is 6.10. The van der Waals surface area contributed by atoms with E-state index in [9.17, 15) is 4.79 Å². The lowest BCUT2D eigenvalue weighted by atomic mass is 9.96. The first-order valence-corrected chi connectivity index (χ1v) is 7.86. The van der Waals surface area contributed by atoms with E-state index >= 15 is 0 Å². The third-order valence-corrected chi connectivity index (χ3v) is 4.80. The Bertz CT molecular complexity index is 493. The average molecular weight is 293 g/mol. The molecule has 1 aromatic rings. The summed E-state index contributed by atoms with van der Waals surface area (Å²) >= 11 is 6.06. The summed E-state index contributed by atoms with van der Waals surface area (Å²) < 4.78 is 0. The number of benzene rings is 1. The number of rotatable bonds is 4. The zero-order chi connectivity index (χ0) is 14.0. The van der Waals surface area contributed by atoms with Gasteiger partial charge in [-0.05, 0) is 43.4 Å². The van der Waals surface area contributed by atoms with Gasteiger partial charge in [0.2, 0.25) is 0 Å². The number of urea groups is 1. The molecule has 1 aromatic carbocycles. The van der Waals surface area contributed by atoms with Crippen molar-refractivity contribution < 1.29 is 4.79 Å². The van der Waals surface area contributed by atoms with Gasteiger partial charge in [0, 0.05) is 23.0 Å². The van der Waals surface area contributed by atoms with Gasteiger partial charge in [0.1, 0.15) is 0 Å². The number of halogens is 1. The highest BCUT2D eigenvalue weighted by atomic mass is 35.5. The first-order valence-electron chi connectivity index (χ1n) is 7.48. The minimum absolute atomic E-state index is 0.0230. The maximum atomic E-state index is 11.9. The standard InChI is InChI=1S/C16H21ClN2O/c17-13-5-3-4-12(10-13)16(8-9-16)11-18-15(20)19-14-6-1-2-7-14/h3-5,10,14H,1-2,6-9,11H2,(H2,18,19,20). The third-order valence-electron chi connectivity index (χ3n) is 4.57. The number of carbonyl (C=O) groups is 1. The first-order chi connectivity index (χ1) is 9.68. The van der Waals surface area contributed by atoms with Gasteiger partial charge in [-0.15, -0.1) is 0 Å². The Labute approximate surface area is 125 Å². The van der Waals surface area contributed by atoms with Crippen LogP contribution >= 0.6 is 11.6 Å². The number of nitrogens with one attached hydrogen (secondary N) is 2. The van der Waals surface area contributed by atoms with Gasteiger partial charge in [-0.3, -0.25) is 0 Å². The predicted octanol–water partition coefficient (Wildman–Crippen LogP) is 3.61. The molecule has 0 atom stereocenters. The SMILES string of the molecule is O=C(NCC1(c2cccc(Cl)c2)CC1)NC1CCCC1. The van der Waals surface area contributed by atoms with Gasteiger partial charge in [0.25, 0.3) is 0 Å². The quantitative estimate of drug-likeness (QED) is 0.874. The van der Waals surface area contributed by atoms with E-state index in [2.05, 4.69) is 16.7 Å². The Morgan fingerprint density at radius 1 is 1.30 bits per heavy atom. The van der Waals surface area contributed by atoms with E-state index in [1.807, 2.05) is 18.2 Å². The summed E-state index contributed by atoms with van der Waals surface area (Å²) in [6.07, 6.45) is 6.95. The molecule has 2 aliphatic rings. The van der Waals surface area contributed by atoms with Crippen LogP contribution in [-0.2, 0) is 5.41 Å². The van der Waals surface area contributed by atoms with Crippen molar-refractivity contribution in [1.82, 2.24) is 10.6 Å². The van der Waals surface area contributed by atoms with Crippen LogP contribution in [0.4, 0.5) is 4.79 Å². The number of hydrogen-bond donors (Lipinski definition) is 2. The second kappa shape index (κ2) is 5.65. The molecule has 0 unspecified atom stereocenters. The number of hydrogen-bond acceptors (Lipinski definition) is 1. The van der Waals surface area contributed by atoms with Gasteiger partial charge >= 0.3 is 6.03 Å². The molecule has 0 saturated heterocycles. The van der Waals surface area contributed by atoms with Crippen molar-refractivity contribution in [3.05, 3.63) is 34.9 Å². The summed E-state index contributed by atoms with van der Waals surface area (Å²) in [6.45, 7) is 0.700. The molecule has 0 spiro atoms. The van der Waals surface area contributed by atoms with Gasteiger partial charge < -0.3 is 10.6 Å². The number of amides is 2. The second-order valence-corrected chi connectivity index (χ2v) is 6.54. The van der Waals surface area contributed by atoms with E-state index in [1.54, 1.807) is 0 Å². The normalized spacial score (nSPS) is 20.6. The maximum absolute atomic E-state index is 11.9. The van der Waals surface area contributed by atoms with Gasteiger partial charge in [-0.25, -0.2) is 4.79 Å². The minimum atomic E-state index is -0.0230. The molecule has 3 rings (SSSR count).